The Morgan fingerprint density at radius 3 is 3.03 bits per heavy atom. The first-order chi connectivity index (χ1) is 14.7. The summed E-state index contributed by atoms with van der Waals surface area (Å²) < 4.78 is 37.4. The van der Waals surface area contributed by atoms with Crippen molar-refractivity contribution in [3.8, 4) is 5.88 Å². The summed E-state index contributed by atoms with van der Waals surface area (Å²) in [5.74, 6) is -0.0378. The minimum atomic E-state index is -3.86. The molecule has 4 heterocycles. The number of carbonyl (C=O) groups excluding carboxylic acids is 1. The summed E-state index contributed by atoms with van der Waals surface area (Å²) in [6, 6.07) is 6.46. The van der Waals surface area contributed by atoms with Crippen LogP contribution in [-0.2, 0) is 20.3 Å². The summed E-state index contributed by atoms with van der Waals surface area (Å²) in [6.45, 7) is 0.246. The molecular weight excluding hydrogens is 466 g/mol. The summed E-state index contributed by atoms with van der Waals surface area (Å²) in [6.07, 6.45) is 0.284. The number of carbonyl (C=O) groups is 1. The zero-order valence-electron chi connectivity index (χ0n) is 16.6. The molecule has 0 aromatic carbocycles. The van der Waals surface area contributed by atoms with Crippen molar-refractivity contribution < 1.29 is 22.7 Å². The smallest absolute Gasteiger partial charge is 0.266 e. The van der Waals surface area contributed by atoms with Crippen LogP contribution in [0.2, 0.25) is 5.02 Å². The van der Waals surface area contributed by atoms with Gasteiger partial charge in [-0.2, -0.15) is 4.98 Å². The monoisotopic (exact) mass is 485 g/mol. The molecule has 13 heteroatoms. The molecule has 2 aromatic heterocycles. The molecule has 1 unspecified atom stereocenters. The van der Waals surface area contributed by atoms with Gasteiger partial charge in [-0.05, 0) is 12.1 Å². The molecule has 2 saturated heterocycles. The van der Waals surface area contributed by atoms with Crippen LogP contribution in [0.1, 0.15) is 21.0 Å². The molecule has 4 rings (SSSR count). The van der Waals surface area contributed by atoms with Crippen molar-refractivity contribution in [1.82, 2.24) is 14.6 Å². The number of nitrogens with zero attached hydrogens (tertiary/aromatic N) is 2. The van der Waals surface area contributed by atoms with Crippen LogP contribution >= 0.6 is 22.9 Å². The van der Waals surface area contributed by atoms with Crippen molar-refractivity contribution in [1.29, 1.82) is 5.41 Å². The molecule has 2 aliphatic rings. The van der Waals surface area contributed by atoms with Gasteiger partial charge in [0.1, 0.15) is 11.1 Å². The zero-order valence-corrected chi connectivity index (χ0v) is 19.0. The predicted octanol–water partition coefficient (Wildman–Crippen LogP) is 1.84. The molecule has 2 atom stereocenters. The molecule has 0 aliphatic carbocycles. The topological polar surface area (TPSA) is 134 Å². The fourth-order valence-electron chi connectivity index (χ4n) is 3.70. The molecule has 1 amide bonds. The Balaban J connectivity index is 1.70. The second-order valence-corrected chi connectivity index (χ2v) is 10.7. The number of rotatable bonds is 4. The van der Waals surface area contributed by atoms with Crippen LogP contribution in [0.15, 0.2) is 24.3 Å². The number of hydrogen-bond donors (Lipinski definition) is 3. The third kappa shape index (κ3) is 3.63. The van der Waals surface area contributed by atoms with Crippen molar-refractivity contribution in [2.24, 2.45) is 0 Å². The average Bonchev–Trinajstić information content (AvgIpc) is 3.15. The quantitative estimate of drug-likeness (QED) is 0.601. The molecule has 3 N–H and O–H groups in total. The lowest BCUT2D eigenvalue weighted by Gasteiger charge is -2.49. The van der Waals surface area contributed by atoms with Crippen LogP contribution < -0.4 is 15.4 Å². The maximum absolute atomic E-state index is 13.0. The molecular formula is C18H20ClN5O5S2. The first-order valence-electron chi connectivity index (χ1n) is 9.23. The van der Waals surface area contributed by atoms with Crippen molar-refractivity contribution in [2.75, 3.05) is 32.7 Å². The number of fused-ring (bicyclic) bond motifs is 1. The number of nitrogens with one attached hydrogen (secondary N) is 3. The van der Waals surface area contributed by atoms with E-state index in [0.717, 1.165) is 15.6 Å². The van der Waals surface area contributed by atoms with Crippen LogP contribution in [-0.4, -0.2) is 62.2 Å². The van der Waals surface area contributed by atoms with Crippen molar-refractivity contribution in [3.63, 3.8) is 0 Å². The number of halogens is 1. The molecule has 10 nitrogen and oxygen atoms in total. The van der Waals surface area contributed by atoms with E-state index in [1.54, 1.807) is 18.2 Å². The third-order valence-corrected chi connectivity index (χ3v) is 9.27. The van der Waals surface area contributed by atoms with E-state index in [9.17, 15) is 13.2 Å². The van der Waals surface area contributed by atoms with Crippen LogP contribution in [0.3, 0.4) is 0 Å². The summed E-state index contributed by atoms with van der Waals surface area (Å²) in [7, 11) is -1.06. The van der Waals surface area contributed by atoms with Gasteiger partial charge in [-0.3, -0.25) is 10.2 Å². The largest absolute Gasteiger partial charge is 0.481 e. The van der Waals surface area contributed by atoms with Gasteiger partial charge in [0.2, 0.25) is 21.9 Å². The van der Waals surface area contributed by atoms with Gasteiger partial charge in [0.05, 0.1) is 34.0 Å². The summed E-state index contributed by atoms with van der Waals surface area (Å²) >= 11 is 7.58. The van der Waals surface area contributed by atoms with E-state index in [4.69, 9.17) is 26.5 Å². The van der Waals surface area contributed by atoms with Gasteiger partial charge in [-0.15, -0.1) is 11.3 Å². The van der Waals surface area contributed by atoms with Crippen molar-refractivity contribution in [2.45, 2.75) is 17.2 Å². The van der Waals surface area contributed by atoms with E-state index in [1.165, 1.54) is 20.2 Å². The molecule has 2 fully saturated rings. The predicted molar refractivity (Wildman–Crippen MR) is 117 cm³/mol. The number of amides is 1. The minimum absolute atomic E-state index is 0.0452. The third-order valence-electron chi connectivity index (χ3n) is 5.35. The highest BCUT2D eigenvalue weighted by atomic mass is 35.5. The minimum Gasteiger partial charge on any atom is -0.481 e. The Morgan fingerprint density at radius 1 is 1.52 bits per heavy atom. The van der Waals surface area contributed by atoms with Gasteiger partial charge in [0, 0.05) is 26.1 Å². The molecule has 2 aromatic rings. The average molecular weight is 486 g/mol. The number of thiophene rings is 1. The molecule has 0 saturated carbocycles. The summed E-state index contributed by atoms with van der Waals surface area (Å²) in [4.78, 5) is 17.7. The highest BCUT2D eigenvalue weighted by Crippen LogP contribution is 2.46. The molecule has 0 radical (unpaired) electrons. The SMILES string of the molecule is COc1cccc(NC(=O)c2cc(Cl)c([C@]34CCOCC3S(=O)(=O)N(C)C(=N)N4)s2)n1. The lowest BCUT2D eigenvalue weighted by atomic mass is 9.87. The highest BCUT2D eigenvalue weighted by molar-refractivity contribution is 7.90. The van der Waals surface area contributed by atoms with E-state index in [0.29, 0.717) is 23.2 Å². The zero-order chi connectivity index (χ0) is 22.4. The lowest BCUT2D eigenvalue weighted by molar-refractivity contribution is 0.0442. The van der Waals surface area contributed by atoms with Crippen LogP contribution in [0.4, 0.5) is 5.82 Å². The normalized spacial score (nSPS) is 24.8. The lowest BCUT2D eigenvalue weighted by Crippen LogP contribution is -2.69. The van der Waals surface area contributed by atoms with E-state index < -0.39 is 26.7 Å². The Kier molecular flexibility index (Phi) is 5.58. The number of guanidine groups is 1. The maximum atomic E-state index is 13.0. The number of aromatic nitrogens is 1. The Bertz CT molecular complexity index is 1150. The highest BCUT2D eigenvalue weighted by Gasteiger charge is 2.57. The van der Waals surface area contributed by atoms with Gasteiger partial charge in [0.25, 0.3) is 5.91 Å². The number of methoxy groups -OCH3 is 1. The van der Waals surface area contributed by atoms with E-state index in [2.05, 4.69) is 15.6 Å². The van der Waals surface area contributed by atoms with Gasteiger partial charge >= 0.3 is 0 Å². The first kappa shape index (κ1) is 21.8. The second-order valence-electron chi connectivity index (χ2n) is 7.08. The maximum Gasteiger partial charge on any atom is 0.266 e. The molecule has 31 heavy (non-hydrogen) atoms. The number of hydrogen-bond acceptors (Lipinski definition) is 8. The van der Waals surface area contributed by atoms with Crippen molar-refractivity contribution >= 4 is 50.6 Å². The number of sulfonamides is 1. The van der Waals surface area contributed by atoms with Gasteiger partial charge in [0.15, 0.2) is 0 Å². The van der Waals surface area contributed by atoms with Gasteiger partial charge in [-0.25, -0.2) is 12.7 Å². The standard InChI is InChI=1S/C18H20ClN5O5S2/c1-24-17(20)23-18(6-7-29-9-12(18)31(24,26)27)15-10(19)8-11(30-15)16(25)22-13-4-3-5-14(21-13)28-2/h3-5,8,12H,6-7,9H2,1-2H3,(H2,20,23)(H,21,22,25)/t12?,18-/m0/s1. The Morgan fingerprint density at radius 2 is 2.29 bits per heavy atom. The number of pyridine rings is 1. The number of ether oxygens (including phenoxy) is 2. The first-order valence-corrected chi connectivity index (χ1v) is 11.9. The van der Waals surface area contributed by atoms with E-state index in [-0.39, 0.29) is 28.9 Å². The summed E-state index contributed by atoms with van der Waals surface area (Å²) in [5, 5.41) is 13.1. The van der Waals surface area contributed by atoms with E-state index >= 15 is 0 Å². The van der Waals surface area contributed by atoms with Crippen LogP contribution in [0.5, 0.6) is 5.88 Å². The Labute approximate surface area is 188 Å². The van der Waals surface area contributed by atoms with Crippen molar-refractivity contribution in [3.05, 3.63) is 39.0 Å². The molecule has 2 aliphatic heterocycles. The molecule has 166 valence electrons. The fourth-order valence-corrected chi connectivity index (χ4v) is 7.16. The van der Waals surface area contributed by atoms with Crippen LogP contribution in [0, 0.1) is 5.41 Å². The number of anilines is 1. The fraction of sp³-hybridized carbons (Fsp3) is 0.389. The molecule has 0 bridgehead atoms. The van der Waals surface area contributed by atoms with Crippen LogP contribution in [0.25, 0.3) is 0 Å². The second kappa shape index (κ2) is 7.93. The summed E-state index contributed by atoms with van der Waals surface area (Å²) in [5.41, 5.74) is -1.16. The van der Waals surface area contributed by atoms with E-state index in [1.807, 2.05) is 0 Å². The Hall–Kier alpha value is -2.41. The van der Waals surface area contributed by atoms with Gasteiger partial charge < -0.3 is 20.1 Å². The molecule has 0 spiro atoms. The van der Waals surface area contributed by atoms with Gasteiger partial charge in [-0.1, -0.05) is 17.7 Å².